The molecule has 2 amide bonds. The first-order chi connectivity index (χ1) is 14.6. The van der Waals surface area contributed by atoms with Gasteiger partial charge in [0.05, 0.1) is 18.2 Å². The number of rotatable bonds is 7. The zero-order valence-electron chi connectivity index (χ0n) is 17.3. The molecule has 2 atom stereocenters. The highest BCUT2D eigenvalue weighted by Crippen LogP contribution is 2.33. The summed E-state index contributed by atoms with van der Waals surface area (Å²) in [5.41, 5.74) is 7.34. The van der Waals surface area contributed by atoms with Gasteiger partial charge in [-0.3, -0.25) is 9.59 Å². The monoisotopic (exact) mass is 406 g/mol. The Kier molecular flexibility index (Phi) is 6.04. The molecule has 2 aliphatic heterocycles. The lowest BCUT2D eigenvalue weighted by atomic mass is 10.0. The Labute approximate surface area is 177 Å². The third-order valence-corrected chi connectivity index (χ3v) is 6.19. The van der Waals surface area contributed by atoms with Gasteiger partial charge in [0.1, 0.15) is 5.75 Å². The molecule has 1 radical (unpaired) electrons. The van der Waals surface area contributed by atoms with Crippen molar-refractivity contribution in [1.82, 2.24) is 9.80 Å². The molecule has 2 aliphatic rings. The van der Waals surface area contributed by atoms with E-state index in [-0.39, 0.29) is 17.2 Å². The van der Waals surface area contributed by atoms with Crippen LogP contribution in [0.4, 0.5) is 0 Å². The minimum Gasteiger partial charge on any atom is -0.495 e. The topological polar surface area (TPSA) is 75.9 Å². The summed E-state index contributed by atoms with van der Waals surface area (Å²) in [6, 6.07) is 15.4. The molecule has 0 saturated carbocycles. The van der Waals surface area contributed by atoms with E-state index in [1.807, 2.05) is 11.0 Å². The largest absolute Gasteiger partial charge is 0.495 e. The highest BCUT2D eigenvalue weighted by atomic mass is 16.5. The van der Waals surface area contributed by atoms with Gasteiger partial charge in [-0.15, -0.1) is 0 Å². The first-order valence-electron chi connectivity index (χ1n) is 10.4. The molecule has 4 rings (SSSR count). The Bertz CT molecular complexity index is 901. The fourth-order valence-electron chi connectivity index (χ4n) is 4.73. The van der Waals surface area contributed by atoms with Gasteiger partial charge in [0.25, 0.3) is 11.8 Å². The molecule has 2 saturated heterocycles. The third kappa shape index (κ3) is 4.19. The minimum absolute atomic E-state index is 0.0895. The maximum atomic E-state index is 13.1. The van der Waals surface area contributed by atoms with Crippen LogP contribution in [0.25, 0.3) is 0 Å². The summed E-state index contributed by atoms with van der Waals surface area (Å²) in [7, 11) is 1.46. The summed E-state index contributed by atoms with van der Waals surface area (Å²) in [6.07, 6.45) is 3.31. The molecule has 1 unspecified atom stereocenters. The number of primary amides is 1. The second-order valence-corrected chi connectivity index (χ2v) is 8.14. The van der Waals surface area contributed by atoms with E-state index in [1.165, 1.54) is 12.7 Å². The molecule has 6 heteroatoms. The summed E-state index contributed by atoms with van der Waals surface area (Å²) < 4.78 is 5.35. The molecule has 2 fully saturated rings. The van der Waals surface area contributed by atoms with Crippen LogP contribution in [0, 0.1) is 18.3 Å². The summed E-state index contributed by atoms with van der Waals surface area (Å²) >= 11 is 0. The summed E-state index contributed by atoms with van der Waals surface area (Å²) in [4.78, 5) is 29.2. The number of para-hydroxylation sites is 1. The van der Waals surface area contributed by atoms with E-state index in [0.717, 1.165) is 39.1 Å². The number of fused-ring (bicyclic) bond motifs is 1. The molecule has 6 nitrogen and oxygen atoms in total. The van der Waals surface area contributed by atoms with Crippen LogP contribution in [-0.4, -0.2) is 61.4 Å². The molecule has 2 aromatic rings. The van der Waals surface area contributed by atoms with Gasteiger partial charge in [0.2, 0.25) is 0 Å². The number of likely N-dealkylation sites (tertiary alicyclic amines) is 2. The number of hydrogen-bond acceptors (Lipinski definition) is 4. The van der Waals surface area contributed by atoms with Crippen molar-refractivity contribution in [2.75, 3.05) is 39.8 Å². The zero-order valence-corrected chi connectivity index (χ0v) is 17.3. The van der Waals surface area contributed by atoms with Crippen molar-refractivity contribution in [3.63, 3.8) is 0 Å². The molecule has 2 aromatic carbocycles. The predicted molar refractivity (Wildman–Crippen MR) is 115 cm³/mol. The van der Waals surface area contributed by atoms with E-state index >= 15 is 0 Å². The van der Waals surface area contributed by atoms with Gasteiger partial charge in [-0.1, -0.05) is 36.4 Å². The van der Waals surface area contributed by atoms with Gasteiger partial charge in [0, 0.05) is 26.2 Å². The van der Waals surface area contributed by atoms with Crippen LogP contribution in [0.1, 0.15) is 32.7 Å². The SMILES string of the molecule is COc1c(C(N)=O)cccc1C(=O)N1CC2CN(CC[CH]c3ccccc3)C[C@H]2C1. The van der Waals surface area contributed by atoms with Crippen molar-refractivity contribution < 1.29 is 14.3 Å². The van der Waals surface area contributed by atoms with Crippen molar-refractivity contribution in [2.24, 2.45) is 17.6 Å². The average Bonchev–Trinajstić information content (AvgIpc) is 3.32. The number of ether oxygens (including phenoxy) is 1. The molecule has 157 valence electrons. The number of methoxy groups -OCH3 is 1. The highest BCUT2D eigenvalue weighted by Gasteiger charge is 2.42. The first kappa shape index (κ1) is 20.4. The Balaban J connectivity index is 1.33. The molecule has 0 spiro atoms. The molecular weight excluding hydrogens is 378 g/mol. The van der Waals surface area contributed by atoms with E-state index in [1.54, 1.807) is 18.2 Å². The van der Waals surface area contributed by atoms with Gasteiger partial charge in [-0.2, -0.15) is 0 Å². The second kappa shape index (κ2) is 8.88. The molecule has 0 aliphatic carbocycles. The van der Waals surface area contributed by atoms with Gasteiger partial charge in [-0.05, 0) is 48.9 Å². The van der Waals surface area contributed by atoms with Crippen molar-refractivity contribution >= 4 is 11.8 Å². The van der Waals surface area contributed by atoms with Crippen LogP contribution in [-0.2, 0) is 0 Å². The molecule has 2 heterocycles. The van der Waals surface area contributed by atoms with Gasteiger partial charge >= 0.3 is 0 Å². The molecule has 0 bridgehead atoms. The van der Waals surface area contributed by atoms with E-state index < -0.39 is 5.91 Å². The maximum absolute atomic E-state index is 13.1. The van der Waals surface area contributed by atoms with E-state index in [0.29, 0.717) is 17.4 Å². The van der Waals surface area contributed by atoms with Crippen LogP contribution in [0.3, 0.4) is 0 Å². The number of nitrogens with zero attached hydrogens (tertiary/aromatic N) is 2. The lowest BCUT2D eigenvalue weighted by Gasteiger charge is -2.22. The van der Waals surface area contributed by atoms with Crippen LogP contribution >= 0.6 is 0 Å². The molecule has 0 aromatic heterocycles. The Hall–Kier alpha value is -2.86. The quantitative estimate of drug-likeness (QED) is 0.766. The smallest absolute Gasteiger partial charge is 0.257 e. The van der Waals surface area contributed by atoms with E-state index in [9.17, 15) is 9.59 Å². The predicted octanol–water partition coefficient (Wildman–Crippen LogP) is 2.44. The number of carbonyl (C=O) groups is 2. The molecular formula is C24H28N3O3. The number of benzene rings is 2. The fourth-order valence-corrected chi connectivity index (χ4v) is 4.73. The van der Waals surface area contributed by atoms with Crippen LogP contribution in [0.2, 0.25) is 0 Å². The molecule has 30 heavy (non-hydrogen) atoms. The van der Waals surface area contributed by atoms with Crippen LogP contribution < -0.4 is 10.5 Å². The fraction of sp³-hybridized carbons (Fsp3) is 0.375. The number of hydrogen-bond donors (Lipinski definition) is 1. The van der Waals surface area contributed by atoms with Gasteiger partial charge < -0.3 is 20.3 Å². The summed E-state index contributed by atoms with van der Waals surface area (Å²) in [6.45, 7) is 4.58. The Morgan fingerprint density at radius 1 is 1.00 bits per heavy atom. The van der Waals surface area contributed by atoms with Crippen LogP contribution in [0.15, 0.2) is 48.5 Å². The number of carbonyl (C=O) groups excluding carboxylic acids is 2. The molecule has 2 N–H and O–H groups in total. The van der Waals surface area contributed by atoms with Gasteiger partial charge in [-0.25, -0.2) is 0 Å². The van der Waals surface area contributed by atoms with Crippen molar-refractivity contribution in [3.8, 4) is 5.75 Å². The Morgan fingerprint density at radius 3 is 2.30 bits per heavy atom. The number of nitrogens with two attached hydrogens (primary N) is 1. The second-order valence-electron chi connectivity index (χ2n) is 8.14. The summed E-state index contributed by atoms with van der Waals surface area (Å²) in [5.74, 6) is 0.577. The standard InChI is InChI=1S/C24H28N3O3/c1-30-22-20(23(25)28)10-5-11-21(22)24(29)27-15-18-13-26(14-19(18)16-27)12-6-9-17-7-3-2-4-8-17/h2-5,7-11,18-19H,6,12-16H2,1H3,(H2,25,28)/t18-,19?/m0/s1. The maximum Gasteiger partial charge on any atom is 0.257 e. The minimum atomic E-state index is -0.595. The lowest BCUT2D eigenvalue weighted by molar-refractivity contribution is 0.0770. The van der Waals surface area contributed by atoms with Crippen molar-refractivity contribution in [3.05, 3.63) is 71.6 Å². The van der Waals surface area contributed by atoms with Crippen LogP contribution in [0.5, 0.6) is 5.75 Å². The van der Waals surface area contributed by atoms with Gasteiger partial charge in [0.15, 0.2) is 0 Å². The van der Waals surface area contributed by atoms with Crippen molar-refractivity contribution in [2.45, 2.75) is 6.42 Å². The Morgan fingerprint density at radius 2 is 1.67 bits per heavy atom. The van der Waals surface area contributed by atoms with E-state index in [4.69, 9.17) is 10.5 Å². The number of amides is 2. The van der Waals surface area contributed by atoms with E-state index in [2.05, 4.69) is 35.6 Å². The lowest BCUT2D eigenvalue weighted by Crippen LogP contribution is -2.34. The zero-order chi connectivity index (χ0) is 21.1. The summed E-state index contributed by atoms with van der Waals surface area (Å²) in [5, 5.41) is 0. The average molecular weight is 407 g/mol. The normalized spacial score (nSPS) is 20.9. The van der Waals surface area contributed by atoms with Crippen molar-refractivity contribution in [1.29, 1.82) is 0 Å². The highest BCUT2D eigenvalue weighted by molar-refractivity contribution is 6.03. The third-order valence-electron chi connectivity index (χ3n) is 6.19. The first-order valence-corrected chi connectivity index (χ1v) is 10.4.